The molecule has 3 rings (SSSR count). The number of rotatable bonds is 4. The second-order valence-corrected chi connectivity index (χ2v) is 7.02. The van der Waals surface area contributed by atoms with E-state index in [1.165, 1.54) is 30.4 Å². The number of nitrogens with zero attached hydrogens (tertiary/aromatic N) is 1. The van der Waals surface area contributed by atoms with E-state index in [4.69, 9.17) is 0 Å². The lowest BCUT2D eigenvalue weighted by Crippen LogP contribution is -2.46. The van der Waals surface area contributed by atoms with Gasteiger partial charge in [-0.15, -0.1) is 0 Å². The summed E-state index contributed by atoms with van der Waals surface area (Å²) in [6.45, 7) is 4.63. The molecule has 0 aromatic heterocycles. The molecular weight excluding hydrogens is 284 g/mol. The Morgan fingerprint density at radius 3 is 2.70 bits per heavy atom. The van der Waals surface area contributed by atoms with Crippen molar-refractivity contribution in [2.24, 2.45) is 5.92 Å². The van der Waals surface area contributed by atoms with E-state index in [0.29, 0.717) is 18.5 Å². The van der Waals surface area contributed by atoms with Gasteiger partial charge < -0.3 is 5.32 Å². The molecule has 1 fully saturated rings. The van der Waals surface area contributed by atoms with Crippen LogP contribution in [0.2, 0.25) is 0 Å². The van der Waals surface area contributed by atoms with Crippen molar-refractivity contribution in [1.29, 1.82) is 0 Å². The van der Waals surface area contributed by atoms with Crippen LogP contribution in [0.15, 0.2) is 36.4 Å². The van der Waals surface area contributed by atoms with Gasteiger partial charge in [-0.2, -0.15) is 0 Å². The standard InChI is InChI=1S/C20H28N2O/c1-16-7-5-6-10-19(16)21-20(23)15-22-13-11-18(12-14-22)17-8-3-2-4-9-17/h2-4,8-9,11,16,19H,5-7,10,12-15H2,1H3,(H,21,23)/t16-,19+/m0/s1. The van der Waals surface area contributed by atoms with Gasteiger partial charge in [-0.1, -0.05) is 56.2 Å². The lowest BCUT2D eigenvalue weighted by Gasteiger charge is -2.31. The summed E-state index contributed by atoms with van der Waals surface area (Å²) in [6, 6.07) is 10.9. The topological polar surface area (TPSA) is 32.3 Å². The Bertz CT molecular complexity index is 552. The molecule has 0 radical (unpaired) electrons. The first-order valence-corrected chi connectivity index (χ1v) is 8.98. The fraction of sp³-hybridized carbons (Fsp3) is 0.550. The molecule has 1 N–H and O–H groups in total. The number of benzene rings is 1. The molecule has 2 atom stereocenters. The van der Waals surface area contributed by atoms with Gasteiger partial charge in [0, 0.05) is 19.1 Å². The van der Waals surface area contributed by atoms with Crippen LogP contribution in [0.4, 0.5) is 0 Å². The molecule has 1 aromatic rings. The van der Waals surface area contributed by atoms with Gasteiger partial charge >= 0.3 is 0 Å². The van der Waals surface area contributed by atoms with Crippen molar-refractivity contribution in [3.8, 4) is 0 Å². The van der Waals surface area contributed by atoms with Crippen LogP contribution in [0.25, 0.3) is 5.57 Å². The maximum Gasteiger partial charge on any atom is 0.234 e. The van der Waals surface area contributed by atoms with E-state index >= 15 is 0 Å². The third-order valence-corrected chi connectivity index (χ3v) is 5.26. The Morgan fingerprint density at radius 2 is 2.00 bits per heavy atom. The Labute approximate surface area is 139 Å². The third kappa shape index (κ3) is 4.44. The quantitative estimate of drug-likeness (QED) is 0.923. The monoisotopic (exact) mass is 312 g/mol. The molecule has 1 saturated carbocycles. The van der Waals surface area contributed by atoms with Crippen molar-refractivity contribution >= 4 is 11.5 Å². The fourth-order valence-corrected chi connectivity index (χ4v) is 3.76. The highest BCUT2D eigenvalue weighted by Gasteiger charge is 2.24. The minimum atomic E-state index is 0.195. The first-order chi connectivity index (χ1) is 11.2. The predicted octanol–water partition coefficient (Wildman–Crippen LogP) is 3.47. The second kappa shape index (κ2) is 7.78. The molecule has 124 valence electrons. The molecule has 0 spiro atoms. The highest BCUT2D eigenvalue weighted by atomic mass is 16.2. The first kappa shape index (κ1) is 16.3. The second-order valence-electron chi connectivity index (χ2n) is 7.02. The molecule has 1 aromatic carbocycles. The van der Waals surface area contributed by atoms with Crippen molar-refractivity contribution in [1.82, 2.24) is 10.2 Å². The summed E-state index contributed by atoms with van der Waals surface area (Å²) >= 11 is 0. The minimum absolute atomic E-state index is 0.195. The maximum atomic E-state index is 12.3. The smallest absolute Gasteiger partial charge is 0.234 e. The number of hydrogen-bond acceptors (Lipinski definition) is 2. The predicted molar refractivity (Wildman–Crippen MR) is 95.0 cm³/mol. The Kier molecular flexibility index (Phi) is 5.50. The molecule has 0 bridgehead atoms. The minimum Gasteiger partial charge on any atom is -0.352 e. The van der Waals surface area contributed by atoms with E-state index in [1.807, 2.05) is 0 Å². The molecule has 1 amide bonds. The van der Waals surface area contributed by atoms with E-state index in [1.54, 1.807) is 0 Å². The largest absolute Gasteiger partial charge is 0.352 e. The lowest BCUT2D eigenvalue weighted by molar-refractivity contribution is -0.123. The highest BCUT2D eigenvalue weighted by molar-refractivity contribution is 5.78. The van der Waals surface area contributed by atoms with Crippen molar-refractivity contribution in [3.05, 3.63) is 42.0 Å². The van der Waals surface area contributed by atoms with Crippen LogP contribution in [-0.4, -0.2) is 36.5 Å². The summed E-state index contributed by atoms with van der Waals surface area (Å²) in [5, 5.41) is 3.26. The normalized spacial score (nSPS) is 25.7. The Morgan fingerprint density at radius 1 is 1.22 bits per heavy atom. The summed E-state index contributed by atoms with van der Waals surface area (Å²) < 4.78 is 0. The average Bonchev–Trinajstić information content (AvgIpc) is 2.58. The van der Waals surface area contributed by atoms with Crippen LogP contribution in [0.1, 0.15) is 44.6 Å². The summed E-state index contributed by atoms with van der Waals surface area (Å²) in [4.78, 5) is 14.5. The number of amides is 1. The van der Waals surface area contributed by atoms with Gasteiger partial charge in [0.2, 0.25) is 5.91 Å². The third-order valence-electron chi connectivity index (χ3n) is 5.26. The van der Waals surface area contributed by atoms with Crippen molar-refractivity contribution in [3.63, 3.8) is 0 Å². The summed E-state index contributed by atoms with van der Waals surface area (Å²) in [6.07, 6.45) is 8.25. The average molecular weight is 312 g/mol. The zero-order valence-electron chi connectivity index (χ0n) is 14.1. The van der Waals surface area contributed by atoms with Crippen LogP contribution in [0.5, 0.6) is 0 Å². The van der Waals surface area contributed by atoms with E-state index in [0.717, 1.165) is 25.9 Å². The molecular formula is C20H28N2O. The maximum absolute atomic E-state index is 12.3. The first-order valence-electron chi connectivity index (χ1n) is 8.98. The van der Waals surface area contributed by atoms with E-state index in [2.05, 4.69) is 53.5 Å². The van der Waals surface area contributed by atoms with Gasteiger partial charge in [-0.25, -0.2) is 0 Å². The van der Waals surface area contributed by atoms with Crippen molar-refractivity contribution in [2.75, 3.05) is 19.6 Å². The van der Waals surface area contributed by atoms with Crippen molar-refractivity contribution < 1.29 is 4.79 Å². The summed E-state index contributed by atoms with van der Waals surface area (Å²) in [7, 11) is 0. The zero-order chi connectivity index (χ0) is 16.1. The lowest BCUT2D eigenvalue weighted by atomic mass is 9.86. The van der Waals surface area contributed by atoms with Gasteiger partial charge in [-0.05, 0) is 36.3 Å². The van der Waals surface area contributed by atoms with E-state index in [9.17, 15) is 4.79 Å². The molecule has 2 aliphatic rings. The van der Waals surface area contributed by atoms with Crippen LogP contribution >= 0.6 is 0 Å². The van der Waals surface area contributed by atoms with Crippen LogP contribution in [-0.2, 0) is 4.79 Å². The summed E-state index contributed by atoms with van der Waals surface area (Å²) in [5.74, 6) is 0.818. The highest BCUT2D eigenvalue weighted by Crippen LogP contribution is 2.24. The number of carbonyl (C=O) groups excluding carboxylic acids is 1. The molecule has 0 unspecified atom stereocenters. The molecule has 3 heteroatoms. The SMILES string of the molecule is C[C@H]1CCCC[C@H]1NC(=O)CN1CC=C(c2ccccc2)CC1. The van der Waals surface area contributed by atoms with Crippen LogP contribution in [0, 0.1) is 5.92 Å². The number of carbonyl (C=O) groups is 1. The Hall–Kier alpha value is -1.61. The number of nitrogens with one attached hydrogen (secondary N) is 1. The van der Waals surface area contributed by atoms with Gasteiger partial charge in [0.15, 0.2) is 0 Å². The Balaban J connectivity index is 1.48. The molecule has 1 aliphatic carbocycles. The number of hydrogen-bond donors (Lipinski definition) is 1. The van der Waals surface area contributed by atoms with Crippen LogP contribution in [0.3, 0.4) is 0 Å². The fourth-order valence-electron chi connectivity index (χ4n) is 3.76. The molecule has 3 nitrogen and oxygen atoms in total. The molecule has 23 heavy (non-hydrogen) atoms. The van der Waals surface area contributed by atoms with Gasteiger partial charge in [0.1, 0.15) is 0 Å². The van der Waals surface area contributed by atoms with Crippen molar-refractivity contribution in [2.45, 2.75) is 45.1 Å². The van der Waals surface area contributed by atoms with Crippen LogP contribution < -0.4 is 5.32 Å². The summed E-state index contributed by atoms with van der Waals surface area (Å²) in [5.41, 5.74) is 2.72. The van der Waals surface area contributed by atoms with Gasteiger partial charge in [0.05, 0.1) is 6.54 Å². The molecule has 1 heterocycles. The molecule has 0 saturated heterocycles. The molecule has 1 aliphatic heterocycles. The van der Waals surface area contributed by atoms with Gasteiger partial charge in [-0.3, -0.25) is 9.69 Å². The van der Waals surface area contributed by atoms with E-state index in [-0.39, 0.29) is 5.91 Å². The van der Waals surface area contributed by atoms with E-state index < -0.39 is 0 Å². The zero-order valence-corrected chi connectivity index (χ0v) is 14.1. The van der Waals surface area contributed by atoms with Gasteiger partial charge in [0.25, 0.3) is 0 Å².